The Morgan fingerprint density at radius 1 is 1.33 bits per heavy atom. The van der Waals surface area contributed by atoms with Gasteiger partial charge in [0.05, 0.1) is 7.11 Å². The van der Waals surface area contributed by atoms with Crippen LogP contribution in [0.5, 0.6) is 5.75 Å². The lowest BCUT2D eigenvalue weighted by Gasteiger charge is -2.20. The Hall–Kier alpha value is -1.42. The zero-order valence-corrected chi connectivity index (χ0v) is 14.3. The molecule has 0 aliphatic rings. The molecule has 1 unspecified atom stereocenters. The molecule has 0 radical (unpaired) electrons. The Labute approximate surface area is 132 Å². The first-order valence-corrected chi connectivity index (χ1v) is 7.65. The molecule has 1 aromatic carbocycles. The van der Waals surface area contributed by atoms with E-state index in [1.165, 1.54) is 0 Å². The minimum absolute atomic E-state index is 0.376. The summed E-state index contributed by atoms with van der Waals surface area (Å²) in [5.74, 6) is 2.15. The highest BCUT2D eigenvalue weighted by Gasteiger charge is 2.09. The number of halogens is 1. The van der Waals surface area contributed by atoms with E-state index in [-0.39, 0.29) is 0 Å². The number of rotatable bonds is 6. The molecule has 0 spiro atoms. The van der Waals surface area contributed by atoms with Crippen LogP contribution in [0.1, 0.15) is 26.3 Å². The van der Waals surface area contributed by atoms with Gasteiger partial charge in [-0.05, 0) is 37.0 Å². The summed E-state index contributed by atoms with van der Waals surface area (Å²) in [7, 11) is 3.42. The maximum atomic E-state index is 6.23. The first kappa shape index (κ1) is 17.6. The third kappa shape index (κ3) is 5.84. The van der Waals surface area contributed by atoms with E-state index in [2.05, 4.69) is 36.4 Å². The van der Waals surface area contributed by atoms with Crippen LogP contribution >= 0.6 is 11.6 Å². The summed E-state index contributed by atoms with van der Waals surface area (Å²) in [6, 6.07) is 6.14. The van der Waals surface area contributed by atoms with Crippen LogP contribution in [0.2, 0.25) is 5.02 Å². The summed E-state index contributed by atoms with van der Waals surface area (Å²) in [4.78, 5) is 4.23. The lowest BCUT2D eigenvalue weighted by Crippen LogP contribution is -2.44. The molecule has 0 bridgehead atoms. The second kappa shape index (κ2) is 8.78. The molecule has 0 amide bonds. The average molecular weight is 312 g/mol. The van der Waals surface area contributed by atoms with Gasteiger partial charge in [-0.3, -0.25) is 4.99 Å². The second-order valence-electron chi connectivity index (χ2n) is 5.38. The molecule has 21 heavy (non-hydrogen) atoms. The smallest absolute Gasteiger partial charge is 0.191 e. The van der Waals surface area contributed by atoms with Crippen LogP contribution in [0.3, 0.4) is 0 Å². The fourth-order valence-electron chi connectivity index (χ4n) is 1.75. The van der Waals surface area contributed by atoms with Crippen LogP contribution in [0.4, 0.5) is 0 Å². The number of benzene rings is 1. The molecule has 1 atom stereocenters. The van der Waals surface area contributed by atoms with E-state index in [1.807, 2.05) is 18.2 Å². The van der Waals surface area contributed by atoms with Gasteiger partial charge in [0.15, 0.2) is 5.96 Å². The lowest BCUT2D eigenvalue weighted by atomic mass is 10.1. The number of methoxy groups -OCH3 is 1. The van der Waals surface area contributed by atoms with Crippen LogP contribution in [-0.4, -0.2) is 32.7 Å². The first-order chi connectivity index (χ1) is 9.97. The molecule has 0 saturated carbocycles. The maximum absolute atomic E-state index is 6.23. The highest BCUT2D eigenvalue weighted by Crippen LogP contribution is 2.22. The second-order valence-corrected chi connectivity index (χ2v) is 5.79. The molecule has 0 aliphatic carbocycles. The van der Waals surface area contributed by atoms with Crippen molar-refractivity contribution in [1.29, 1.82) is 0 Å². The first-order valence-electron chi connectivity index (χ1n) is 7.27. The molecule has 0 fully saturated rings. The van der Waals surface area contributed by atoms with E-state index >= 15 is 0 Å². The van der Waals surface area contributed by atoms with Gasteiger partial charge in [-0.25, -0.2) is 0 Å². The van der Waals surface area contributed by atoms with Gasteiger partial charge in [0, 0.05) is 24.7 Å². The predicted octanol–water partition coefficient (Wildman–Crippen LogP) is 3.10. The van der Waals surface area contributed by atoms with Gasteiger partial charge >= 0.3 is 0 Å². The molecule has 0 aromatic heterocycles. The van der Waals surface area contributed by atoms with Gasteiger partial charge in [0.1, 0.15) is 5.75 Å². The molecule has 0 heterocycles. The number of nitrogens with one attached hydrogen (secondary N) is 2. The minimum atomic E-state index is 0.376. The minimum Gasteiger partial charge on any atom is -0.497 e. The average Bonchev–Trinajstić information content (AvgIpc) is 2.47. The van der Waals surface area contributed by atoms with Gasteiger partial charge in [-0.1, -0.05) is 31.5 Å². The zero-order chi connectivity index (χ0) is 15.8. The van der Waals surface area contributed by atoms with Crippen LogP contribution in [-0.2, 0) is 6.42 Å². The topological polar surface area (TPSA) is 45.7 Å². The molecule has 5 heteroatoms. The van der Waals surface area contributed by atoms with Crippen molar-refractivity contribution in [2.45, 2.75) is 33.2 Å². The Morgan fingerprint density at radius 3 is 2.57 bits per heavy atom. The largest absolute Gasteiger partial charge is 0.497 e. The standard InChI is InChI=1S/C16H26ClN3O/c1-11(2)12(3)20-16(18-4)19-9-8-13-6-7-14(21-5)10-15(13)17/h6-7,10-12H,8-9H2,1-5H3,(H2,18,19,20). The Bertz CT molecular complexity index is 475. The van der Waals surface area contributed by atoms with Crippen molar-refractivity contribution in [3.8, 4) is 5.75 Å². The number of nitrogens with zero attached hydrogens (tertiary/aromatic N) is 1. The highest BCUT2D eigenvalue weighted by molar-refractivity contribution is 6.31. The third-order valence-corrected chi connectivity index (χ3v) is 3.89. The molecule has 118 valence electrons. The number of aliphatic imine (C=N–C) groups is 1. The van der Waals surface area contributed by atoms with E-state index in [4.69, 9.17) is 16.3 Å². The van der Waals surface area contributed by atoms with Crippen molar-refractivity contribution >= 4 is 17.6 Å². The van der Waals surface area contributed by atoms with E-state index in [0.717, 1.165) is 35.3 Å². The Morgan fingerprint density at radius 2 is 2.05 bits per heavy atom. The molecule has 2 N–H and O–H groups in total. The monoisotopic (exact) mass is 311 g/mol. The number of ether oxygens (including phenoxy) is 1. The van der Waals surface area contributed by atoms with E-state index in [0.29, 0.717) is 12.0 Å². The maximum Gasteiger partial charge on any atom is 0.191 e. The van der Waals surface area contributed by atoms with E-state index < -0.39 is 0 Å². The molecule has 1 aromatic rings. The number of guanidine groups is 1. The summed E-state index contributed by atoms with van der Waals surface area (Å²) >= 11 is 6.23. The normalized spacial score (nSPS) is 13.2. The van der Waals surface area contributed by atoms with E-state index in [9.17, 15) is 0 Å². The van der Waals surface area contributed by atoms with E-state index in [1.54, 1.807) is 14.2 Å². The summed E-state index contributed by atoms with van der Waals surface area (Å²) in [5.41, 5.74) is 1.09. The van der Waals surface area contributed by atoms with Crippen LogP contribution < -0.4 is 15.4 Å². The molecule has 1 rings (SSSR count). The van der Waals surface area contributed by atoms with Gasteiger partial charge in [-0.2, -0.15) is 0 Å². The van der Waals surface area contributed by atoms with Crippen LogP contribution in [0.15, 0.2) is 23.2 Å². The molecule has 0 aliphatic heterocycles. The zero-order valence-electron chi connectivity index (χ0n) is 13.5. The SMILES string of the molecule is CN=C(NCCc1ccc(OC)cc1Cl)NC(C)C(C)C. The highest BCUT2D eigenvalue weighted by atomic mass is 35.5. The summed E-state index contributed by atoms with van der Waals surface area (Å²) in [6.07, 6.45) is 0.833. The molecule has 0 saturated heterocycles. The Kier molecular flexibility index (Phi) is 7.37. The quantitative estimate of drug-likeness (QED) is 0.627. The van der Waals surface area contributed by atoms with Crippen molar-refractivity contribution in [3.63, 3.8) is 0 Å². The third-order valence-electron chi connectivity index (χ3n) is 3.54. The fourth-order valence-corrected chi connectivity index (χ4v) is 2.02. The lowest BCUT2D eigenvalue weighted by molar-refractivity contribution is 0.414. The van der Waals surface area contributed by atoms with Crippen molar-refractivity contribution in [2.75, 3.05) is 20.7 Å². The fraction of sp³-hybridized carbons (Fsp3) is 0.562. The van der Waals surface area contributed by atoms with Crippen molar-refractivity contribution < 1.29 is 4.74 Å². The van der Waals surface area contributed by atoms with Gasteiger partial charge in [-0.15, -0.1) is 0 Å². The van der Waals surface area contributed by atoms with Crippen molar-refractivity contribution in [2.24, 2.45) is 10.9 Å². The number of hydrogen-bond acceptors (Lipinski definition) is 2. The van der Waals surface area contributed by atoms with Crippen LogP contribution in [0.25, 0.3) is 0 Å². The van der Waals surface area contributed by atoms with Crippen LogP contribution in [0, 0.1) is 5.92 Å². The number of hydrogen-bond donors (Lipinski definition) is 2. The van der Waals surface area contributed by atoms with Gasteiger partial charge in [0.2, 0.25) is 0 Å². The summed E-state index contributed by atoms with van der Waals surface area (Å²) in [6.45, 7) is 7.29. The summed E-state index contributed by atoms with van der Waals surface area (Å²) in [5, 5.41) is 7.41. The van der Waals surface area contributed by atoms with Gasteiger partial charge < -0.3 is 15.4 Å². The molecular formula is C16H26ClN3O. The molecule has 4 nitrogen and oxygen atoms in total. The van der Waals surface area contributed by atoms with Gasteiger partial charge in [0.25, 0.3) is 0 Å². The molecular weight excluding hydrogens is 286 g/mol. The predicted molar refractivity (Wildman–Crippen MR) is 90.5 cm³/mol. The van der Waals surface area contributed by atoms with Crippen molar-refractivity contribution in [1.82, 2.24) is 10.6 Å². The van der Waals surface area contributed by atoms with Crippen molar-refractivity contribution in [3.05, 3.63) is 28.8 Å². The summed E-state index contributed by atoms with van der Waals surface area (Å²) < 4.78 is 5.15. The Balaban J connectivity index is 2.48.